The van der Waals surface area contributed by atoms with Gasteiger partial charge in [-0.2, -0.15) is 0 Å². The summed E-state index contributed by atoms with van der Waals surface area (Å²) in [6.45, 7) is 2.96. The van der Waals surface area contributed by atoms with Gasteiger partial charge in [0.15, 0.2) is 0 Å². The molecule has 0 aliphatic heterocycles. The third kappa shape index (κ3) is 3.16. The van der Waals surface area contributed by atoms with E-state index in [-0.39, 0.29) is 11.7 Å². The van der Waals surface area contributed by atoms with Gasteiger partial charge in [-0.1, -0.05) is 19.8 Å². The van der Waals surface area contributed by atoms with E-state index in [0.29, 0.717) is 23.9 Å². The largest absolute Gasteiger partial charge is 0.507 e. The summed E-state index contributed by atoms with van der Waals surface area (Å²) in [5.74, 6) is 1.14. The van der Waals surface area contributed by atoms with E-state index in [4.69, 9.17) is 0 Å². The highest BCUT2D eigenvalue weighted by Crippen LogP contribution is 2.30. The molecule has 2 N–H and O–H groups in total. The van der Waals surface area contributed by atoms with Crippen LogP contribution in [0.4, 0.5) is 0 Å². The van der Waals surface area contributed by atoms with Crippen LogP contribution in [0.25, 0.3) is 0 Å². The summed E-state index contributed by atoms with van der Waals surface area (Å²) in [4.78, 5) is 12.0. The molecule has 1 aliphatic carbocycles. The van der Waals surface area contributed by atoms with E-state index in [1.165, 1.54) is 19.3 Å². The van der Waals surface area contributed by atoms with Gasteiger partial charge in [-0.25, -0.2) is 0 Å². The molecule has 98 valence electrons. The lowest BCUT2D eigenvalue weighted by molar-refractivity contribution is 0.0942. The molecule has 0 radical (unpaired) electrons. The highest BCUT2D eigenvalue weighted by Gasteiger charge is 2.24. The number of amides is 1. The standard InChI is InChI=1S/C14H18INO2/c1-9-3-2-4-10(9)8-16-14(18)12-7-11(15)5-6-13(12)17/h5-7,9-10,17H,2-4,8H2,1H3,(H,16,18). The first-order valence-corrected chi connectivity index (χ1v) is 7.42. The Morgan fingerprint density at radius 3 is 2.94 bits per heavy atom. The quantitative estimate of drug-likeness (QED) is 0.815. The van der Waals surface area contributed by atoms with Crippen LogP contribution in [-0.2, 0) is 0 Å². The van der Waals surface area contributed by atoms with Crippen LogP contribution in [0, 0.1) is 15.4 Å². The fourth-order valence-electron chi connectivity index (χ4n) is 2.53. The van der Waals surface area contributed by atoms with E-state index >= 15 is 0 Å². The van der Waals surface area contributed by atoms with E-state index in [2.05, 4.69) is 34.8 Å². The number of carbonyl (C=O) groups excluding carboxylic acids is 1. The van der Waals surface area contributed by atoms with Crippen LogP contribution < -0.4 is 5.32 Å². The van der Waals surface area contributed by atoms with Crippen molar-refractivity contribution in [1.29, 1.82) is 0 Å². The van der Waals surface area contributed by atoms with Crippen molar-refractivity contribution in [3.05, 3.63) is 27.3 Å². The number of hydrogen-bond acceptors (Lipinski definition) is 2. The molecule has 1 amide bonds. The summed E-state index contributed by atoms with van der Waals surface area (Å²) in [6.07, 6.45) is 3.71. The minimum Gasteiger partial charge on any atom is -0.507 e. The molecule has 1 fully saturated rings. The maximum absolute atomic E-state index is 12.0. The molecule has 1 saturated carbocycles. The van der Waals surface area contributed by atoms with Crippen molar-refractivity contribution in [3.8, 4) is 5.75 Å². The van der Waals surface area contributed by atoms with Crippen LogP contribution >= 0.6 is 22.6 Å². The van der Waals surface area contributed by atoms with E-state index < -0.39 is 0 Å². The Hall–Kier alpha value is -0.780. The summed E-state index contributed by atoms with van der Waals surface area (Å²) in [6, 6.07) is 5.06. The van der Waals surface area contributed by atoms with Crippen LogP contribution in [0.5, 0.6) is 5.75 Å². The molecule has 2 atom stereocenters. The molecular formula is C14H18INO2. The van der Waals surface area contributed by atoms with Crippen LogP contribution in [0.15, 0.2) is 18.2 Å². The lowest BCUT2D eigenvalue weighted by Crippen LogP contribution is -2.30. The lowest BCUT2D eigenvalue weighted by Gasteiger charge is -2.16. The van der Waals surface area contributed by atoms with Gasteiger partial charge >= 0.3 is 0 Å². The van der Waals surface area contributed by atoms with E-state index in [9.17, 15) is 9.90 Å². The van der Waals surface area contributed by atoms with Gasteiger partial charge < -0.3 is 10.4 Å². The molecule has 2 rings (SSSR count). The van der Waals surface area contributed by atoms with Gasteiger partial charge in [0, 0.05) is 10.1 Å². The molecule has 0 saturated heterocycles. The summed E-state index contributed by atoms with van der Waals surface area (Å²) < 4.78 is 0.949. The predicted molar refractivity (Wildman–Crippen MR) is 79.7 cm³/mol. The average Bonchev–Trinajstić information content (AvgIpc) is 2.75. The molecule has 0 aromatic heterocycles. The first kappa shape index (κ1) is 13.6. The number of benzene rings is 1. The topological polar surface area (TPSA) is 49.3 Å². The third-order valence-electron chi connectivity index (χ3n) is 3.77. The third-order valence-corrected chi connectivity index (χ3v) is 4.44. The number of phenolic OH excluding ortho intramolecular Hbond substituents is 1. The Balaban J connectivity index is 1.97. The van der Waals surface area contributed by atoms with Gasteiger partial charge in [-0.05, 0) is 59.0 Å². The molecule has 0 heterocycles. The first-order valence-electron chi connectivity index (χ1n) is 6.34. The Kier molecular flexibility index (Phi) is 4.48. The molecule has 1 aliphatic rings. The second kappa shape index (κ2) is 5.91. The highest BCUT2D eigenvalue weighted by molar-refractivity contribution is 14.1. The number of rotatable bonds is 3. The highest BCUT2D eigenvalue weighted by atomic mass is 127. The van der Waals surface area contributed by atoms with Crippen molar-refractivity contribution in [3.63, 3.8) is 0 Å². The average molecular weight is 359 g/mol. The van der Waals surface area contributed by atoms with Crippen molar-refractivity contribution in [2.75, 3.05) is 6.54 Å². The number of halogens is 1. The molecule has 2 unspecified atom stereocenters. The summed E-state index contributed by atoms with van der Waals surface area (Å²) in [5, 5.41) is 12.6. The van der Waals surface area contributed by atoms with Crippen molar-refractivity contribution < 1.29 is 9.90 Å². The molecule has 0 bridgehead atoms. The first-order chi connectivity index (χ1) is 8.58. The zero-order valence-corrected chi connectivity index (χ0v) is 12.6. The van der Waals surface area contributed by atoms with Crippen LogP contribution in [0.2, 0.25) is 0 Å². The molecule has 3 nitrogen and oxygen atoms in total. The van der Waals surface area contributed by atoms with Gasteiger partial charge in [0.2, 0.25) is 0 Å². The smallest absolute Gasteiger partial charge is 0.255 e. The van der Waals surface area contributed by atoms with Crippen molar-refractivity contribution in [2.24, 2.45) is 11.8 Å². The van der Waals surface area contributed by atoms with E-state index in [1.54, 1.807) is 18.2 Å². The van der Waals surface area contributed by atoms with E-state index in [1.807, 2.05) is 0 Å². The summed E-state index contributed by atoms with van der Waals surface area (Å²) >= 11 is 2.13. The number of hydrogen-bond donors (Lipinski definition) is 2. The SMILES string of the molecule is CC1CCCC1CNC(=O)c1cc(I)ccc1O. The second-order valence-corrected chi connectivity index (χ2v) is 6.29. The Bertz CT molecular complexity index is 447. The number of aromatic hydroxyl groups is 1. The van der Waals surface area contributed by atoms with E-state index in [0.717, 1.165) is 3.57 Å². The Labute approximate surface area is 121 Å². The zero-order chi connectivity index (χ0) is 13.1. The predicted octanol–water partition coefficient (Wildman–Crippen LogP) is 3.16. The monoisotopic (exact) mass is 359 g/mol. The van der Waals surface area contributed by atoms with Gasteiger partial charge in [-0.3, -0.25) is 4.79 Å². The second-order valence-electron chi connectivity index (χ2n) is 5.04. The van der Waals surface area contributed by atoms with Gasteiger partial charge in [0.1, 0.15) is 5.75 Å². The van der Waals surface area contributed by atoms with Crippen molar-refractivity contribution >= 4 is 28.5 Å². The number of nitrogens with one attached hydrogen (secondary N) is 1. The number of carbonyl (C=O) groups is 1. The molecular weight excluding hydrogens is 341 g/mol. The summed E-state index contributed by atoms with van der Waals surface area (Å²) in [7, 11) is 0. The Morgan fingerprint density at radius 1 is 1.50 bits per heavy atom. The fourth-order valence-corrected chi connectivity index (χ4v) is 3.03. The van der Waals surface area contributed by atoms with Gasteiger partial charge in [0.25, 0.3) is 5.91 Å². The van der Waals surface area contributed by atoms with Crippen molar-refractivity contribution in [2.45, 2.75) is 26.2 Å². The van der Waals surface area contributed by atoms with Crippen LogP contribution in [-0.4, -0.2) is 17.6 Å². The van der Waals surface area contributed by atoms with Crippen LogP contribution in [0.3, 0.4) is 0 Å². The zero-order valence-electron chi connectivity index (χ0n) is 10.4. The minimum absolute atomic E-state index is 0.0485. The fraction of sp³-hybridized carbons (Fsp3) is 0.500. The molecule has 18 heavy (non-hydrogen) atoms. The maximum atomic E-state index is 12.0. The molecule has 1 aromatic carbocycles. The van der Waals surface area contributed by atoms with Crippen molar-refractivity contribution in [1.82, 2.24) is 5.32 Å². The maximum Gasteiger partial charge on any atom is 0.255 e. The van der Waals surface area contributed by atoms with Crippen LogP contribution in [0.1, 0.15) is 36.5 Å². The Morgan fingerprint density at radius 2 is 2.28 bits per heavy atom. The minimum atomic E-state index is -0.176. The molecule has 1 aromatic rings. The summed E-state index contributed by atoms with van der Waals surface area (Å²) in [5.41, 5.74) is 0.368. The normalized spacial score (nSPS) is 23.0. The number of phenols is 1. The molecule has 4 heteroatoms. The lowest BCUT2D eigenvalue weighted by atomic mass is 9.98. The van der Waals surface area contributed by atoms with Gasteiger partial charge in [0.05, 0.1) is 5.56 Å². The molecule has 0 spiro atoms. The van der Waals surface area contributed by atoms with Gasteiger partial charge in [-0.15, -0.1) is 0 Å².